The molecule has 2 aromatic carbocycles. The number of hydrogen-bond acceptors (Lipinski definition) is 1. The molecule has 0 unspecified atom stereocenters. The summed E-state index contributed by atoms with van der Waals surface area (Å²) in [7, 11) is 0. The van der Waals surface area contributed by atoms with E-state index in [0.717, 1.165) is 12.0 Å². The molecule has 0 aromatic heterocycles. The Bertz CT molecular complexity index is 659. The zero-order valence-corrected chi connectivity index (χ0v) is 14.1. The van der Waals surface area contributed by atoms with Crippen LogP contribution < -0.4 is 10.6 Å². The van der Waals surface area contributed by atoms with Crippen molar-refractivity contribution in [3.8, 4) is 0 Å². The molecule has 0 aliphatic carbocycles. The molecule has 116 valence electrons. The van der Waals surface area contributed by atoms with E-state index in [4.69, 9.17) is 34.8 Å². The standard InChI is InChI=1S/C16H15Cl3N2O/c1-2-13(10-6-8-11(17)9-7-10)20-16(22)21-14-5-3-4-12(18)15(14)19/h3-9,13H,2H2,1H3,(H2,20,21,22)/t13-/m0/s1. The van der Waals surface area contributed by atoms with Crippen molar-refractivity contribution < 1.29 is 4.79 Å². The lowest BCUT2D eigenvalue weighted by Gasteiger charge is -2.18. The topological polar surface area (TPSA) is 41.1 Å². The van der Waals surface area contributed by atoms with E-state index < -0.39 is 0 Å². The molecule has 2 amide bonds. The molecule has 0 aliphatic heterocycles. The number of hydrogen-bond donors (Lipinski definition) is 2. The van der Waals surface area contributed by atoms with Gasteiger partial charge in [-0.15, -0.1) is 0 Å². The van der Waals surface area contributed by atoms with Gasteiger partial charge in [-0.2, -0.15) is 0 Å². The van der Waals surface area contributed by atoms with Crippen LogP contribution >= 0.6 is 34.8 Å². The van der Waals surface area contributed by atoms with Gasteiger partial charge in [0.2, 0.25) is 0 Å². The molecule has 2 rings (SSSR count). The van der Waals surface area contributed by atoms with Gasteiger partial charge in [-0.05, 0) is 36.2 Å². The summed E-state index contributed by atoms with van der Waals surface area (Å²) >= 11 is 17.9. The average Bonchev–Trinajstić information content (AvgIpc) is 2.50. The molecule has 0 saturated carbocycles. The minimum atomic E-state index is -0.342. The SMILES string of the molecule is CC[C@H](NC(=O)Nc1cccc(Cl)c1Cl)c1ccc(Cl)cc1. The van der Waals surface area contributed by atoms with Gasteiger partial charge < -0.3 is 10.6 Å². The number of nitrogens with one attached hydrogen (secondary N) is 2. The Morgan fingerprint density at radius 2 is 1.77 bits per heavy atom. The van der Waals surface area contributed by atoms with E-state index in [0.29, 0.717) is 20.8 Å². The maximum atomic E-state index is 12.1. The predicted molar refractivity (Wildman–Crippen MR) is 93.1 cm³/mol. The molecule has 1 atom stereocenters. The Kier molecular flexibility index (Phi) is 5.95. The molecule has 2 N–H and O–H groups in total. The molecule has 0 bridgehead atoms. The fourth-order valence-corrected chi connectivity index (χ4v) is 2.51. The molecule has 0 fully saturated rings. The van der Waals surface area contributed by atoms with Gasteiger partial charge in [-0.25, -0.2) is 4.79 Å². The molecule has 0 heterocycles. The monoisotopic (exact) mass is 356 g/mol. The van der Waals surface area contributed by atoms with Gasteiger partial charge >= 0.3 is 6.03 Å². The molecule has 0 aliphatic rings. The van der Waals surface area contributed by atoms with Crippen LogP contribution in [-0.4, -0.2) is 6.03 Å². The highest BCUT2D eigenvalue weighted by molar-refractivity contribution is 6.43. The first-order valence-electron chi connectivity index (χ1n) is 6.78. The summed E-state index contributed by atoms with van der Waals surface area (Å²) in [6, 6.07) is 12.0. The van der Waals surface area contributed by atoms with Crippen molar-refractivity contribution in [3.63, 3.8) is 0 Å². The fraction of sp³-hybridized carbons (Fsp3) is 0.188. The van der Waals surface area contributed by atoms with Crippen molar-refractivity contribution in [2.75, 3.05) is 5.32 Å². The Morgan fingerprint density at radius 3 is 2.41 bits per heavy atom. The normalized spacial score (nSPS) is 11.8. The van der Waals surface area contributed by atoms with Crippen molar-refractivity contribution in [2.24, 2.45) is 0 Å². The molecule has 2 aromatic rings. The van der Waals surface area contributed by atoms with Crippen LogP contribution in [0.1, 0.15) is 24.9 Å². The maximum Gasteiger partial charge on any atom is 0.319 e. The first-order valence-corrected chi connectivity index (χ1v) is 7.91. The van der Waals surface area contributed by atoms with Crippen LogP contribution in [0.5, 0.6) is 0 Å². The molecule has 0 saturated heterocycles. The second kappa shape index (κ2) is 7.73. The second-order valence-electron chi connectivity index (χ2n) is 4.71. The molecular formula is C16H15Cl3N2O. The summed E-state index contributed by atoms with van der Waals surface area (Å²) < 4.78 is 0. The maximum absolute atomic E-state index is 12.1. The first-order chi connectivity index (χ1) is 10.5. The van der Waals surface area contributed by atoms with Crippen molar-refractivity contribution >= 4 is 46.5 Å². The van der Waals surface area contributed by atoms with E-state index in [1.165, 1.54) is 0 Å². The summed E-state index contributed by atoms with van der Waals surface area (Å²) in [5.41, 5.74) is 1.46. The van der Waals surface area contributed by atoms with Gasteiger partial charge in [-0.1, -0.05) is 59.9 Å². The highest BCUT2D eigenvalue weighted by Gasteiger charge is 2.14. The number of urea groups is 1. The van der Waals surface area contributed by atoms with Crippen LogP contribution in [0, 0.1) is 0 Å². The third-order valence-electron chi connectivity index (χ3n) is 3.19. The Hall–Kier alpha value is -1.42. The number of halogens is 3. The highest BCUT2D eigenvalue weighted by atomic mass is 35.5. The second-order valence-corrected chi connectivity index (χ2v) is 5.93. The summed E-state index contributed by atoms with van der Waals surface area (Å²) in [5.74, 6) is 0. The lowest BCUT2D eigenvalue weighted by molar-refractivity contribution is 0.248. The van der Waals surface area contributed by atoms with Gasteiger partial charge in [0.05, 0.1) is 21.8 Å². The predicted octanol–water partition coefficient (Wildman–Crippen LogP) is 5.92. The first kappa shape index (κ1) is 16.9. The van der Waals surface area contributed by atoms with Crippen LogP contribution in [0.2, 0.25) is 15.1 Å². The summed E-state index contributed by atoms with van der Waals surface area (Å²) in [4.78, 5) is 12.1. The number of carbonyl (C=O) groups is 1. The number of benzene rings is 2. The molecule has 0 radical (unpaired) electrons. The minimum Gasteiger partial charge on any atom is -0.331 e. The summed E-state index contributed by atoms with van der Waals surface area (Å²) in [6.07, 6.45) is 0.748. The van der Waals surface area contributed by atoms with Gasteiger partial charge in [0, 0.05) is 5.02 Å². The Morgan fingerprint density at radius 1 is 1.09 bits per heavy atom. The van der Waals surface area contributed by atoms with Crippen molar-refractivity contribution in [2.45, 2.75) is 19.4 Å². The lowest BCUT2D eigenvalue weighted by Crippen LogP contribution is -2.32. The zero-order valence-electron chi connectivity index (χ0n) is 11.9. The Labute approximate surface area is 144 Å². The van der Waals surface area contributed by atoms with E-state index in [1.807, 2.05) is 19.1 Å². The van der Waals surface area contributed by atoms with E-state index in [2.05, 4.69) is 10.6 Å². The largest absolute Gasteiger partial charge is 0.331 e. The van der Waals surface area contributed by atoms with Gasteiger partial charge in [0.1, 0.15) is 0 Å². The molecule has 6 heteroatoms. The quantitative estimate of drug-likeness (QED) is 0.700. The molecule has 22 heavy (non-hydrogen) atoms. The smallest absolute Gasteiger partial charge is 0.319 e. The number of rotatable bonds is 4. The highest BCUT2D eigenvalue weighted by Crippen LogP contribution is 2.29. The average molecular weight is 358 g/mol. The van der Waals surface area contributed by atoms with E-state index in [1.54, 1.807) is 30.3 Å². The van der Waals surface area contributed by atoms with Crippen molar-refractivity contribution in [1.29, 1.82) is 0 Å². The van der Waals surface area contributed by atoms with E-state index >= 15 is 0 Å². The van der Waals surface area contributed by atoms with Crippen molar-refractivity contribution in [3.05, 3.63) is 63.1 Å². The third-order valence-corrected chi connectivity index (χ3v) is 4.26. The Balaban J connectivity index is 2.06. The number of carbonyl (C=O) groups excluding carboxylic acids is 1. The van der Waals surface area contributed by atoms with Crippen LogP contribution in [0.4, 0.5) is 10.5 Å². The van der Waals surface area contributed by atoms with Gasteiger partial charge in [0.15, 0.2) is 0 Å². The van der Waals surface area contributed by atoms with Crippen LogP contribution in [0.15, 0.2) is 42.5 Å². The summed E-state index contributed by atoms with van der Waals surface area (Å²) in [5, 5.41) is 6.98. The van der Waals surface area contributed by atoms with Crippen molar-refractivity contribution in [1.82, 2.24) is 5.32 Å². The summed E-state index contributed by atoms with van der Waals surface area (Å²) in [6.45, 7) is 1.99. The van der Waals surface area contributed by atoms with E-state index in [9.17, 15) is 4.79 Å². The lowest BCUT2D eigenvalue weighted by atomic mass is 10.1. The fourth-order valence-electron chi connectivity index (χ4n) is 2.03. The van der Waals surface area contributed by atoms with Crippen LogP contribution in [0.25, 0.3) is 0 Å². The van der Waals surface area contributed by atoms with Crippen LogP contribution in [0.3, 0.4) is 0 Å². The van der Waals surface area contributed by atoms with Crippen LogP contribution in [-0.2, 0) is 0 Å². The van der Waals surface area contributed by atoms with E-state index in [-0.39, 0.29) is 12.1 Å². The minimum absolute atomic E-state index is 0.116. The number of amides is 2. The molecular weight excluding hydrogens is 343 g/mol. The third kappa shape index (κ3) is 4.29. The number of anilines is 1. The van der Waals surface area contributed by atoms with Gasteiger partial charge in [0.25, 0.3) is 0 Å². The molecule has 0 spiro atoms. The zero-order chi connectivity index (χ0) is 16.1. The van der Waals surface area contributed by atoms with Gasteiger partial charge in [-0.3, -0.25) is 0 Å². The molecule has 3 nitrogen and oxygen atoms in total.